The van der Waals surface area contributed by atoms with Crippen LogP contribution in [0.4, 0.5) is 0 Å². The van der Waals surface area contributed by atoms with Crippen LogP contribution in [-0.4, -0.2) is 37.8 Å². The fourth-order valence-corrected chi connectivity index (χ4v) is 3.10. The van der Waals surface area contributed by atoms with Gasteiger partial charge in [0.2, 0.25) is 0 Å². The molecule has 0 aromatic carbocycles. The van der Waals surface area contributed by atoms with Crippen molar-refractivity contribution in [3.05, 3.63) is 27.4 Å². The molecule has 0 aliphatic carbocycles. The maximum atomic E-state index is 11.6. The lowest BCUT2D eigenvalue weighted by Crippen LogP contribution is -2.41. The number of nitrogen functional groups attached to an aromatic ring is 1. The van der Waals surface area contributed by atoms with E-state index in [1.165, 1.54) is 11.3 Å². The Bertz CT molecular complexity index is 597. The zero-order valence-electron chi connectivity index (χ0n) is 14.2. The Morgan fingerprint density at radius 3 is 2.43 bits per heavy atom. The van der Waals surface area contributed by atoms with E-state index in [9.17, 15) is 4.79 Å². The van der Waals surface area contributed by atoms with Crippen LogP contribution < -0.4 is 16.6 Å². The summed E-state index contributed by atoms with van der Waals surface area (Å²) in [6.07, 6.45) is 2.00. The number of carbonyl (C=O) groups is 1. The quantitative estimate of drug-likeness (QED) is 0.329. The number of hydrazine groups is 1. The minimum Gasteiger partial charge on any atom is -0.400 e. The van der Waals surface area contributed by atoms with E-state index < -0.39 is 7.12 Å². The SMILES string of the molecule is CNCC(=Cc1ccc(C(=O)NN)s1)B1OC(C)(C)C(C)(C)O1. The monoisotopic (exact) mass is 337 g/mol. The van der Waals surface area contributed by atoms with Gasteiger partial charge >= 0.3 is 7.12 Å². The number of likely N-dealkylation sites (N-methyl/N-ethyl adjacent to an activating group) is 1. The lowest BCUT2D eigenvalue weighted by Gasteiger charge is -2.32. The molecule has 1 aromatic heterocycles. The van der Waals surface area contributed by atoms with Crippen LogP contribution in [0.2, 0.25) is 0 Å². The van der Waals surface area contributed by atoms with Crippen LogP contribution in [0, 0.1) is 0 Å². The standard InChI is InChI=1S/C15H24BN3O3S/c1-14(2)15(3,4)22-16(21-14)10(9-18-5)8-11-6-7-12(23-11)13(20)19-17/h6-8,18H,9,17H2,1-5H3,(H,19,20). The van der Waals surface area contributed by atoms with E-state index in [1.54, 1.807) is 6.07 Å². The van der Waals surface area contributed by atoms with Gasteiger partial charge in [0.25, 0.3) is 5.91 Å². The molecule has 23 heavy (non-hydrogen) atoms. The highest BCUT2D eigenvalue weighted by molar-refractivity contribution is 7.14. The van der Waals surface area contributed by atoms with Gasteiger partial charge in [-0.1, -0.05) is 0 Å². The first-order valence-electron chi connectivity index (χ1n) is 7.51. The maximum absolute atomic E-state index is 11.6. The molecule has 0 atom stereocenters. The topological polar surface area (TPSA) is 85.6 Å². The number of rotatable bonds is 5. The van der Waals surface area contributed by atoms with Crippen molar-refractivity contribution >= 4 is 30.4 Å². The fourth-order valence-electron chi connectivity index (χ4n) is 2.21. The van der Waals surface area contributed by atoms with Gasteiger partial charge in [0.15, 0.2) is 0 Å². The van der Waals surface area contributed by atoms with E-state index in [0.717, 1.165) is 10.3 Å². The molecule has 6 nitrogen and oxygen atoms in total. The number of carbonyl (C=O) groups excluding carboxylic acids is 1. The summed E-state index contributed by atoms with van der Waals surface area (Å²) < 4.78 is 12.2. The fraction of sp³-hybridized carbons (Fsp3) is 0.533. The smallest absolute Gasteiger partial charge is 0.400 e. The first kappa shape index (κ1) is 18.2. The highest BCUT2D eigenvalue weighted by atomic mass is 32.1. The molecule has 1 aromatic rings. The third-order valence-corrected chi connectivity index (χ3v) is 5.28. The summed E-state index contributed by atoms with van der Waals surface area (Å²) in [6.45, 7) is 8.74. The highest BCUT2D eigenvalue weighted by Gasteiger charge is 2.52. The van der Waals surface area contributed by atoms with Crippen molar-refractivity contribution < 1.29 is 14.1 Å². The highest BCUT2D eigenvalue weighted by Crippen LogP contribution is 2.38. The van der Waals surface area contributed by atoms with Gasteiger partial charge in [0, 0.05) is 11.4 Å². The van der Waals surface area contributed by atoms with E-state index >= 15 is 0 Å². The van der Waals surface area contributed by atoms with Gasteiger partial charge in [0.1, 0.15) is 0 Å². The zero-order valence-corrected chi connectivity index (χ0v) is 15.0. The molecule has 2 heterocycles. The van der Waals surface area contributed by atoms with Gasteiger partial charge in [-0.15, -0.1) is 11.3 Å². The van der Waals surface area contributed by atoms with E-state index in [1.807, 2.05) is 46.9 Å². The van der Waals surface area contributed by atoms with Crippen molar-refractivity contribution in [1.82, 2.24) is 10.7 Å². The van der Waals surface area contributed by atoms with Gasteiger partial charge in [-0.3, -0.25) is 10.2 Å². The molecular formula is C15H24BN3O3S. The molecule has 1 saturated heterocycles. The number of thiophene rings is 1. The lowest BCUT2D eigenvalue weighted by molar-refractivity contribution is 0.00578. The summed E-state index contributed by atoms with van der Waals surface area (Å²) in [5.74, 6) is 4.87. The molecule has 0 spiro atoms. The normalized spacial score (nSPS) is 19.9. The van der Waals surface area contributed by atoms with Gasteiger partial charge in [-0.05, 0) is 58.4 Å². The van der Waals surface area contributed by atoms with Crippen molar-refractivity contribution in [3.8, 4) is 0 Å². The average Bonchev–Trinajstić information content (AvgIpc) is 3.00. The third kappa shape index (κ3) is 3.84. The van der Waals surface area contributed by atoms with Gasteiger partial charge < -0.3 is 14.6 Å². The van der Waals surface area contributed by atoms with Crippen molar-refractivity contribution in [3.63, 3.8) is 0 Å². The molecule has 0 bridgehead atoms. The Balaban J connectivity index is 2.25. The number of amides is 1. The molecule has 0 saturated carbocycles. The van der Waals surface area contributed by atoms with Crippen molar-refractivity contribution in [2.45, 2.75) is 38.9 Å². The van der Waals surface area contributed by atoms with Gasteiger partial charge in [-0.2, -0.15) is 0 Å². The molecule has 4 N–H and O–H groups in total. The molecule has 0 unspecified atom stereocenters. The number of hydrogen-bond donors (Lipinski definition) is 3. The summed E-state index contributed by atoms with van der Waals surface area (Å²) in [4.78, 5) is 13.1. The summed E-state index contributed by atoms with van der Waals surface area (Å²) in [7, 11) is 1.46. The van der Waals surface area contributed by atoms with Crippen LogP contribution >= 0.6 is 11.3 Å². The van der Waals surface area contributed by atoms with Gasteiger partial charge in [-0.25, -0.2) is 5.84 Å². The average molecular weight is 337 g/mol. The lowest BCUT2D eigenvalue weighted by atomic mass is 9.77. The Morgan fingerprint density at radius 1 is 1.30 bits per heavy atom. The predicted octanol–water partition coefficient (Wildman–Crippen LogP) is 1.59. The minimum atomic E-state index is -0.415. The first-order valence-corrected chi connectivity index (χ1v) is 8.33. The second-order valence-electron chi connectivity index (χ2n) is 6.51. The largest absolute Gasteiger partial charge is 0.491 e. The summed E-state index contributed by atoms with van der Waals surface area (Å²) in [5.41, 5.74) is 2.35. The van der Waals surface area contributed by atoms with Crippen molar-refractivity contribution in [1.29, 1.82) is 0 Å². The van der Waals surface area contributed by atoms with E-state index in [2.05, 4.69) is 10.7 Å². The molecule has 0 radical (unpaired) electrons. The number of nitrogens with two attached hydrogens (primary N) is 1. The van der Waals surface area contributed by atoms with E-state index in [-0.39, 0.29) is 17.1 Å². The molecule has 126 valence electrons. The second kappa shape index (κ2) is 6.74. The molecule has 1 aliphatic rings. The van der Waals surface area contributed by atoms with Crippen LogP contribution in [0.3, 0.4) is 0 Å². The summed E-state index contributed by atoms with van der Waals surface area (Å²) >= 11 is 1.37. The maximum Gasteiger partial charge on any atom is 0.491 e. The van der Waals surface area contributed by atoms with Crippen LogP contribution in [0.25, 0.3) is 6.08 Å². The van der Waals surface area contributed by atoms with Crippen LogP contribution in [-0.2, 0) is 9.31 Å². The second-order valence-corrected chi connectivity index (χ2v) is 7.63. The Hall–Kier alpha value is -1.19. The Kier molecular flexibility index (Phi) is 5.32. The Morgan fingerprint density at radius 2 is 1.91 bits per heavy atom. The zero-order chi connectivity index (χ0) is 17.3. The summed E-state index contributed by atoms with van der Waals surface area (Å²) in [5, 5.41) is 3.14. The van der Waals surface area contributed by atoms with Crippen molar-refractivity contribution in [2.24, 2.45) is 5.84 Å². The van der Waals surface area contributed by atoms with E-state index in [4.69, 9.17) is 15.2 Å². The molecular weight excluding hydrogens is 313 g/mol. The molecule has 1 fully saturated rings. The third-order valence-electron chi connectivity index (χ3n) is 4.25. The molecule has 1 amide bonds. The molecule has 1 aliphatic heterocycles. The first-order chi connectivity index (χ1) is 10.7. The minimum absolute atomic E-state index is 0.291. The van der Waals surface area contributed by atoms with Gasteiger partial charge in [0.05, 0.1) is 16.1 Å². The number of hydrogen-bond acceptors (Lipinski definition) is 6. The Labute approximate surface area is 141 Å². The van der Waals surface area contributed by atoms with Crippen LogP contribution in [0.1, 0.15) is 42.2 Å². The predicted molar refractivity (Wildman–Crippen MR) is 94.0 cm³/mol. The van der Waals surface area contributed by atoms with Crippen LogP contribution in [0.15, 0.2) is 17.6 Å². The summed E-state index contributed by atoms with van der Waals surface area (Å²) in [6, 6.07) is 3.63. The van der Waals surface area contributed by atoms with Crippen molar-refractivity contribution in [2.75, 3.05) is 13.6 Å². The number of nitrogens with one attached hydrogen (secondary N) is 2. The van der Waals surface area contributed by atoms with E-state index in [0.29, 0.717) is 11.4 Å². The van der Waals surface area contributed by atoms with Crippen LogP contribution in [0.5, 0.6) is 0 Å². The molecule has 8 heteroatoms. The molecule has 2 rings (SSSR count).